The minimum atomic E-state index is 0.115. The standard InChI is InChI=1S/C30H34N8O/c1-20-28(36(2)35-34-20)23-18-25-27(32-19-23)24-8-9-26(37-14-12-31-13-15-37)33-30(24)38(25)29(21-6-4-3-5-7-21)22-10-16-39-17-11-22/h3-9,18-19,22,29,31H,10-17H2,1-2H3/t29-/m1/s1. The largest absolute Gasteiger partial charge is 0.381 e. The topological polar surface area (TPSA) is 85.9 Å². The molecule has 5 aromatic rings. The van der Waals surface area contributed by atoms with Gasteiger partial charge in [-0.15, -0.1) is 5.10 Å². The highest BCUT2D eigenvalue weighted by atomic mass is 16.5. The van der Waals surface area contributed by atoms with Gasteiger partial charge in [0.25, 0.3) is 0 Å². The summed E-state index contributed by atoms with van der Waals surface area (Å²) in [4.78, 5) is 12.8. The van der Waals surface area contributed by atoms with Crippen molar-refractivity contribution in [3.05, 3.63) is 66.0 Å². The Labute approximate surface area is 227 Å². The van der Waals surface area contributed by atoms with E-state index in [9.17, 15) is 0 Å². The molecule has 2 aliphatic rings. The highest BCUT2D eigenvalue weighted by Crippen LogP contribution is 2.41. The van der Waals surface area contributed by atoms with Crippen molar-refractivity contribution in [2.45, 2.75) is 25.8 Å². The Kier molecular flexibility index (Phi) is 6.25. The van der Waals surface area contributed by atoms with Gasteiger partial charge in [-0.1, -0.05) is 35.5 Å². The molecule has 0 unspecified atom stereocenters. The van der Waals surface area contributed by atoms with Crippen LogP contribution in [0.2, 0.25) is 0 Å². The van der Waals surface area contributed by atoms with Crippen molar-refractivity contribution < 1.29 is 4.74 Å². The van der Waals surface area contributed by atoms with Gasteiger partial charge in [-0.3, -0.25) is 4.98 Å². The van der Waals surface area contributed by atoms with Crippen LogP contribution in [0, 0.1) is 12.8 Å². The van der Waals surface area contributed by atoms with Crippen LogP contribution in [0.3, 0.4) is 0 Å². The molecule has 4 aromatic heterocycles. The van der Waals surface area contributed by atoms with Crippen LogP contribution in [0.25, 0.3) is 33.3 Å². The first-order chi connectivity index (χ1) is 19.2. The zero-order valence-corrected chi connectivity index (χ0v) is 22.5. The monoisotopic (exact) mass is 522 g/mol. The molecule has 0 spiro atoms. The molecule has 0 bridgehead atoms. The molecule has 0 radical (unpaired) electrons. The maximum atomic E-state index is 5.80. The molecule has 6 heterocycles. The molecule has 1 N–H and O–H groups in total. The smallest absolute Gasteiger partial charge is 0.145 e. The van der Waals surface area contributed by atoms with Crippen LogP contribution in [-0.2, 0) is 11.8 Å². The van der Waals surface area contributed by atoms with Crippen molar-refractivity contribution >= 4 is 27.9 Å². The summed E-state index contributed by atoms with van der Waals surface area (Å²) in [6.45, 7) is 7.42. The fraction of sp³-hybridized carbons (Fsp3) is 0.400. The molecule has 9 heteroatoms. The van der Waals surface area contributed by atoms with Crippen molar-refractivity contribution in [1.82, 2.24) is 34.8 Å². The minimum absolute atomic E-state index is 0.115. The van der Waals surface area contributed by atoms with Gasteiger partial charge in [-0.2, -0.15) is 0 Å². The van der Waals surface area contributed by atoms with Gasteiger partial charge in [0.05, 0.1) is 28.5 Å². The Morgan fingerprint density at radius 2 is 1.82 bits per heavy atom. The number of anilines is 1. The second-order valence-electron chi connectivity index (χ2n) is 10.7. The number of benzene rings is 1. The molecule has 9 nitrogen and oxygen atoms in total. The first-order valence-corrected chi connectivity index (χ1v) is 13.9. The van der Waals surface area contributed by atoms with Crippen molar-refractivity contribution in [3.8, 4) is 11.3 Å². The Balaban J connectivity index is 1.51. The third-order valence-electron chi connectivity index (χ3n) is 8.31. The summed E-state index contributed by atoms with van der Waals surface area (Å²) in [5, 5.41) is 13.1. The predicted octanol–water partition coefficient (Wildman–Crippen LogP) is 4.11. The van der Waals surface area contributed by atoms with E-state index in [1.807, 2.05) is 24.9 Å². The lowest BCUT2D eigenvalue weighted by molar-refractivity contribution is 0.0552. The molecule has 0 amide bonds. The van der Waals surface area contributed by atoms with E-state index in [0.29, 0.717) is 5.92 Å². The first-order valence-electron chi connectivity index (χ1n) is 13.9. The Bertz CT molecular complexity index is 1590. The predicted molar refractivity (Wildman–Crippen MR) is 153 cm³/mol. The van der Waals surface area contributed by atoms with Gasteiger partial charge in [0, 0.05) is 63.6 Å². The third kappa shape index (κ3) is 4.26. The highest BCUT2D eigenvalue weighted by Gasteiger charge is 2.31. The van der Waals surface area contributed by atoms with E-state index in [1.165, 1.54) is 5.56 Å². The third-order valence-corrected chi connectivity index (χ3v) is 8.31. The number of nitrogens with one attached hydrogen (secondary N) is 1. The maximum Gasteiger partial charge on any atom is 0.145 e. The average molecular weight is 523 g/mol. The number of hydrogen-bond acceptors (Lipinski definition) is 7. The average Bonchev–Trinajstić information content (AvgIpc) is 3.50. The fourth-order valence-corrected chi connectivity index (χ4v) is 6.42. The summed E-state index contributed by atoms with van der Waals surface area (Å²) in [5.41, 5.74) is 7.25. The Morgan fingerprint density at radius 1 is 1.03 bits per heavy atom. The molecule has 7 rings (SSSR count). The second-order valence-corrected chi connectivity index (χ2v) is 10.7. The van der Waals surface area contributed by atoms with Crippen LogP contribution in [0.1, 0.15) is 30.1 Å². The molecular weight excluding hydrogens is 488 g/mol. The van der Waals surface area contributed by atoms with E-state index in [-0.39, 0.29) is 6.04 Å². The number of pyridine rings is 2. The lowest BCUT2D eigenvalue weighted by Gasteiger charge is -2.33. The van der Waals surface area contributed by atoms with Gasteiger partial charge in [-0.05, 0) is 49.4 Å². The fourth-order valence-electron chi connectivity index (χ4n) is 6.42. The van der Waals surface area contributed by atoms with E-state index < -0.39 is 0 Å². The van der Waals surface area contributed by atoms with E-state index in [0.717, 1.165) is 97.1 Å². The second kappa shape index (κ2) is 10.1. The lowest BCUT2D eigenvalue weighted by Crippen LogP contribution is -2.43. The van der Waals surface area contributed by atoms with E-state index >= 15 is 0 Å². The van der Waals surface area contributed by atoms with Gasteiger partial charge in [0.15, 0.2) is 0 Å². The number of rotatable bonds is 5. The van der Waals surface area contributed by atoms with Crippen LogP contribution < -0.4 is 10.2 Å². The summed E-state index contributed by atoms with van der Waals surface area (Å²) in [6, 6.07) is 17.6. The summed E-state index contributed by atoms with van der Waals surface area (Å²) < 4.78 is 10.1. The van der Waals surface area contributed by atoms with Crippen molar-refractivity contribution in [2.75, 3.05) is 44.3 Å². The van der Waals surface area contributed by atoms with Crippen LogP contribution in [-0.4, -0.2) is 68.9 Å². The van der Waals surface area contributed by atoms with E-state index in [4.69, 9.17) is 14.7 Å². The van der Waals surface area contributed by atoms with Gasteiger partial charge < -0.3 is 19.5 Å². The lowest BCUT2D eigenvalue weighted by atomic mass is 9.86. The van der Waals surface area contributed by atoms with Gasteiger partial charge in [-0.25, -0.2) is 9.67 Å². The Hall–Kier alpha value is -3.82. The van der Waals surface area contributed by atoms with Crippen LogP contribution in [0.4, 0.5) is 5.82 Å². The van der Waals surface area contributed by atoms with Crippen LogP contribution in [0.15, 0.2) is 54.7 Å². The normalized spacial score (nSPS) is 17.7. The molecule has 2 fully saturated rings. The van der Waals surface area contributed by atoms with Gasteiger partial charge >= 0.3 is 0 Å². The number of ether oxygens (including phenoxy) is 1. The quantitative estimate of drug-likeness (QED) is 0.372. The molecule has 39 heavy (non-hydrogen) atoms. The Morgan fingerprint density at radius 3 is 2.56 bits per heavy atom. The molecule has 1 atom stereocenters. The molecule has 1 aromatic carbocycles. The first kappa shape index (κ1) is 24.2. The zero-order valence-electron chi connectivity index (χ0n) is 22.5. The van der Waals surface area contributed by atoms with Crippen LogP contribution in [0.5, 0.6) is 0 Å². The molecular formula is C30H34N8O. The molecule has 0 saturated carbocycles. The summed E-state index contributed by atoms with van der Waals surface area (Å²) in [5.74, 6) is 1.45. The molecule has 200 valence electrons. The van der Waals surface area contributed by atoms with Crippen molar-refractivity contribution in [1.29, 1.82) is 0 Å². The number of nitrogens with zero attached hydrogens (tertiary/aromatic N) is 7. The number of piperazine rings is 1. The van der Waals surface area contributed by atoms with E-state index in [2.05, 4.69) is 73.6 Å². The zero-order chi connectivity index (χ0) is 26.3. The van der Waals surface area contributed by atoms with E-state index in [1.54, 1.807) is 0 Å². The van der Waals surface area contributed by atoms with Crippen LogP contribution >= 0.6 is 0 Å². The summed E-state index contributed by atoms with van der Waals surface area (Å²) in [7, 11) is 1.94. The van der Waals surface area contributed by atoms with Gasteiger partial charge in [0.2, 0.25) is 0 Å². The number of aryl methyl sites for hydroxylation is 2. The number of fused-ring (bicyclic) bond motifs is 3. The summed E-state index contributed by atoms with van der Waals surface area (Å²) in [6.07, 6.45) is 3.97. The van der Waals surface area contributed by atoms with Crippen molar-refractivity contribution in [2.24, 2.45) is 13.0 Å². The summed E-state index contributed by atoms with van der Waals surface area (Å²) >= 11 is 0. The SMILES string of the molecule is Cc1nnn(C)c1-c1cnc2c3ccc(N4CCNCC4)nc3n([C@H](c3ccccc3)C3CCOCC3)c2c1. The maximum absolute atomic E-state index is 5.80. The minimum Gasteiger partial charge on any atom is -0.381 e. The highest BCUT2D eigenvalue weighted by molar-refractivity contribution is 6.05. The molecule has 0 aliphatic carbocycles. The number of hydrogen-bond donors (Lipinski definition) is 1. The van der Waals surface area contributed by atoms with Gasteiger partial charge in [0.1, 0.15) is 11.5 Å². The van der Waals surface area contributed by atoms with Crippen molar-refractivity contribution in [3.63, 3.8) is 0 Å². The number of aromatic nitrogens is 6. The molecule has 2 aliphatic heterocycles. The molecule has 2 saturated heterocycles.